The van der Waals surface area contributed by atoms with Gasteiger partial charge in [0.2, 0.25) is 0 Å². The van der Waals surface area contributed by atoms with Crippen LogP contribution in [0.15, 0.2) is 36.5 Å². The molecule has 2 amide bonds. The highest BCUT2D eigenvalue weighted by atomic mass is 16.6. The number of pyridine rings is 1. The number of nitrogens with zero attached hydrogens (tertiary/aromatic N) is 3. The van der Waals surface area contributed by atoms with E-state index in [4.69, 9.17) is 4.74 Å². The minimum absolute atomic E-state index is 0.164. The van der Waals surface area contributed by atoms with Gasteiger partial charge in [-0.15, -0.1) is 0 Å². The SMILES string of the molecule is Cc1ccc(C)c(C(=O)Nc2ccc(N3CCN(C(=O)OC(C)(C)C)CC3)cn2)c1. The third kappa shape index (κ3) is 5.49. The van der Waals surface area contributed by atoms with Gasteiger partial charge in [0.25, 0.3) is 5.91 Å². The van der Waals surface area contributed by atoms with E-state index in [0.29, 0.717) is 37.6 Å². The number of amides is 2. The standard InChI is InChI=1S/C23H30N4O3/c1-16-6-7-17(2)19(14-16)21(28)25-20-9-8-18(15-24-20)26-10-12-27(13-11-26)22(29)30-23(3,4)5/h6-9,14-15H,10-13H2,1-5H3,(H,24,25,28). The van der Waals surface area contributed by atoms with Crippen LogP contribution in [0.5, 0.6) is 0 Å². The molecule has 7 heteroatoms. The van der Waals surface area contributed by atoms with Gasteiger partial charge in [0, 0.05) is 31.7 Å². The Bertz CT molecular complexity index is 911. The Balaban J connectivity index is 1.57. The first-order valence-electron chi connectivity index (χ1n) is 10.2. The highest BCUT2D eigenvalue weighted by molar-refractivity contribution is 6.04. The molecule has 2 aromatic rings. The van der Waals surface area contributed by atoms with Crippen LogP contribution < -0.4 is 10.2 Å². The smallest absolute Gasteiger partial charge is 0.410 e. The van der Waals surface area contributed by atoms with E-state index in [2.05, 4.69) is 15.2 Å². The minimum Gasteiger partial charge on any atom is -0.444 e. The van der Waals surface area contributed by atoms with Crippen molar-refractivity contribution in [2.45, 2.75) is 40.2 Å². The van der Waals surface area contributed by atoms with Gasteiger partial charge in [-0.1, -0.05) is 17.7 Å². The van der Waals surface area contributed by atoms with E-state index in [9.17, 15) is 9.59 Å². The largest absolute Gasteiger partial charge is 0.444 e. The molecule has 1 saturated heterocycles. The highest BCUT2D eigenvalue weighted by Gasteiger charge is 2.26. The van der Waals surface area contributed by atoms with Gasteiger partial charge in [0.05, 0.1) is 11.9 Å². The fraction of sp³-hybridized carbons (Fsp3) is 0.435. The molecule has 1 aliphatic rings. The Morgan fingerprint density at radius 2 is 1.73 bits per heavy atom. The minimum atomic E-state index is -0.491. The number of nitrogens with one attached hydrogen (secondary N) is 1. The maximum atomic E-state index is 12.6. The summed E-state index contributed by atoms with van der Waals surface area (Å²) in [6.45, 7) is 12.1. The lowest BCUT2D eigenvalue weighted by Gasteiger charge is -2.36. The Morgan fingerprint density at radius 1 is 1.03 bits per heavy atom. The Morgan fingerprint density at radius 3 is 2.33 bits per heavy atom. The van der Waals surface area contributed by atoms with E-state index >= 15 is 0 Å². The van der Waals surface area contributed by atoms with Crippen LogP contribution in [0.4, 0.5) is 16.3 Å². The normalized spacial score (nSPS) is 14.4. The Labute approximate surface area is 178 Å². The summed E-state index contributed by atoms with van der Waals surface area (Å²) in [7, 11) is 0. The van der Waals surface area contributed by atoms with Crippen LogP contribution in [0, 0.1) is 13.8 Å². The van der Waals surface area contributed by atoms with Gasteiger partial charge in [-0.25, -0.2) is 9.78 Å². The molecule has 7 nitrogen and oxygen atoms in total. The summed E-state index contributed by atoms with van der Waals surface area (Å²) in [5.41, 5.74) is 3.09. The molecule has 2 heterocycles. The zero-order valence-electron chi connectivity index (χ0n) is 18.4. The van der Waals surface area contributed by atoms with E-state index < -0.39 is 5.60 Å². The maximum absolute atomic E-state index is 12.6. The first kappa shape index (κ1) is 21.6. The van der Waals surface area contributed by atoms with Crippen LogP contribution in [0.25, 0.3) is 0 Å². The van der Waals surface area contributed by atoms with E-state index in [1.54, 1.807) is 17.2 Å². The average molecular weight is 411 g/mol. The van der Waals surface area contributed by atoms with Crippen molar-refractivity contribution in [3.8, 4) is 0 Å². The second-order valence-corrected chi connectivity index (χ2v) is 8.63. The number of anilines is 2. The number of aryl methyl sites for hydroxylation is 2. The molecular weight excluding hydrogens is 380 g/mol. The molecule has 1 aromatic heterocycles. The molecule has 0 atom stereocenters. The predicted molar refractivity (Wildman–Crippen MR) is 118 cm³/mol. The van der Waals surface area contributed by atoms with Crippen LogP contribution >= 0.6 is 0 Å². The maximum Gasteiger partial charge on any atom is 0.410 e. The van der Waals surface area contributed by atoms with Crippen molar-refractivity contribution in [3.63, 3.8) is 0 Å². The van der Waals surface area contributed by atoms with Gasteiger partial charge < -0.3 is 19.9 Å². The summed E-state index contributed by atoms with van der Waals surface area (Å²) in [4.78, 5) is 33.1. The number of hydrogen-bond donors (Lipinski definition) is 1. The molecule has 0 unspecified atom stereocenters. The first-order chi connectivity index (χ1) is 14.1. The van der Waals surface area contributed by atoms with Crippen molar-refractivity contribution >= 4 is 23.5 Å². The highest BCUT2D eigenvalue weighted by Crippen LogP contribution is 2.19. The molecule has 160 valence electrons. The van der Waals surface area contributed by atoms with Crippen molar-refractivity contribution < 1.29 is 14.3 Å². The van der Waals surface area contributed by atoms with E-state index in [0.717, 1.165) is 16.8 Å². The molecule has 3 rings (SSSR count). The van der Waals surface area contributed by atoms with Crippen molar-refractivity contribution in [1.82, 2.24) is 9.88 Å². The van der Waals surface area contributed by atoms with Gasteiger partial charge in [-0.3, -0.25) is 4.79 Å². The monoisotopic (exact) mass is 410 g/mol. The quantitative estimate of drug-likeness (QED) is 0.828. The van der Waals surface area contributed by atoms with Crippen LogP contribution in [-0.2, 0) is 4.74 Å². The molecule has 0 bridgehead atoms. The Hall–Kier alpha value is -3.09. The molecule has 0 saturated carbocycles. The third-order valence-corrected chi connectivity index (χ3v) is 4.92. The lowest BCUT2D eigenvalue weighted by molar-refractivity contribution is 0.0240. The number of carbonyl (C=O) groups excluding carboxylic acids is 2. The molecule has 1 aromatic carbocycles. The number of hydrogen-bond acceptors (Lipinski definition) is 5. The van der Waals surface area contributed by atoms with E-state index in [1.165, 1.54) is 0 Å². The number of benzene rings is 1. The zero-order chi connectivity index (χ0) is 21.9. The summed E-state index contributed by atoms with van der Waals surface area (Å²) in [5.74, 6) is 0.347. The number of rotatable bonds is 3. The molecular formula is C23H30N4O3. The summed E-state index contributed by atoms with van der Waals surface area (Å²) < 4.78 is 5.44. The first-order valence-corrected chi connectivity index (χ1v) is 10.2. The second kappa shape index (κ2) is 8.73. The second-order valence-electron chi connectivity index (χ2n) is 8.63. The van der Waals surface area contributed by atoms with Gasteiger partial charge in [0.15, 0.2) is 0 Å². The molecule has 30 heavy (non-hydrogen) atoms. The lowest BCUT2D eigenvalue weighted by atomic mass is 10.1. The van der Waals surface area contributed by atoms with Gasteiger partial charge in [0.1, 0.15) is 11.4 Å². The number of ether oxygens (including phenoxy) is 1. The van der Waals surface area contributed by atoms with Crippen molar-refractivity contribution in [2.24, 2.45) is 0 Å². The van der Waals surface area contributed by atoms with Crippen LogP contribution in [-0.4, -0.2) is 53.7 Å². The van der Waals surface area contributed by atoms with Crippen LogP contribution in [0.3, 0.4) is 0 Å². The molecule has 1 aliphatic heterocycles. The summed E-state index contributed by atoms with van der Waals surface area (Å²) >= 11 is 0. The van der Waals surface area contributed by atoms with E-state index in [-0.39, 0.29) is 12.0 Å². The van der Waals surface area contributed by atoms with Gasteiger partial charge in [-0.2, -0.15) is 0 Å². The number of carbonyl (C=O) groups is 2. The van der Waals surface area contributed by atoms with Crippen LogP contribution in [0.2, 0.25) is 0 Å². The zero-order valence-corrected chi connectivity index (χ0v) is 18.4. The predicted octanol–water partition coefficient (Wildman–Crippen LogP) is 4.01. The van der Waals surface area contributed by atoms with Crippen LogP contribution in [0.1, 0.15) is 42.3 Å². The lowest BCUT2D eigenvalue weighted by Crippen LogP contribution is -2.50. The number of aromatic nitrogens is 1. The molecule has 0 spiro atoms. The van der Waals surface area contributed by atoms with Crippen molar-refractivity contribution in [3.05, 3.63) is 53.2 Å². The Kier molecular flexibility index (Phi) is 6.29. The van der Waals surface area contributed by atoms with E-state index in [1.807, 2.05) is 58.9 Å². The summed E-state index contributed by atoms with van der Waals surface area (Å²) in [6, 6.07) is 9.55. The fourth-order valence-electron chi connectivity index (χ4n) is 3.28. The van der Waals surface area contributed by atoms with Gasteiger partial charge in [-0.05, 0) is 58.4 Å². The molecule has 1 N–H and O–H groups in total. The topological polar surface area (TPSA) is 74.8 Å². The molecule has 0 radical (unpaired) electrons. The molecule has 1 fully saturated rings. The summed E-state index contributed by atoms with van der Waals surface area (Å²) in [6.07, 6.45) is 1.48. The fourth-order valence-corrected chi connectivity index (χ4v) is 3.28. The average Bonchev–Trinajstić information content (AvgIpc) is 2.69. The summed E-state index contributed by atoms with van der Waals surface area (Å²) in [5, 5.41) is 2.86. The van der Waals surface area contributed by atoms with Crippen molar-refractivity contribution in [1.29, 1.82) is 0 Å². The number of piperazine rings is 1. The van der Waals surface area contributed by atoms with Crippen molar-refractivity contribution in [2.75, 3.05) is 36.4 Å². The molecule has 0 aliphatic carbocycles. The van der Waals surface area contributed by atoms with Gasteiger partial charge >= 0.3 is 6.09 Å². The third-order valence-electron chi connectivity index (χ3n) is 4.92.